The van der Waals surface area contributed by atoms with Gasteiger partial charge in [-0.2, -0.15) is 0 Å². The zero-order chi connectivity index (χ0) is 25.2. The van der Waals surface area contributed by atoms with Crippen LogP contribution in [0.4, 0.5) is 0 Å². The normalized spacial score (nSPS) is 11.5. The number of carbonyl (C=O) groups is 2. The Kier molecular flexibility index (Phi) is 10.0. The van der Waals surface area contributed by atoms with E-state index in [1.165, 1.54) is 0 Å². The van der Waals surface area contributed by atoms with Crippen molar-refractivity contribution in [1.82, 2.24) is 10.2 Å². The van der Waals surface area contributed by atoms with Crippen LogP contribution in [0.2, 0.25) is 10.0 Å². The third kappa shape index (κ3) is 8.01. The molecule has 0 aliphatic rings. The van der Waals surface area contributed by atoms with Crippen LogP contribution in [-0.2, 0) is 22.6 Å². The third-order valence-electron chi connectivity index (χ3n) is 5.50. The second-order valence-electron chi connectivity index (χ2n) is 8.37. The van der Waals surface area contributed by atoms with Gasteiger partial charge in [0.2, 0.25) is 5.91 Å². The zero-order valence-corrected chi connectivity index (χ0v) is 21.5. The van der Waals surface area contributed by atoms with Crippen molar-refractivity contribution in [1.29, 1.82) is 0 Å². The molecule has 0 saturated heterocycles. The van der Waals surface area contributed by atoms with Gasteiger partial charge in [-0.15, -0.1) is 0 Å². The highest BCUT2D eigenvalue weighted by atomic mass is 35.5. The van der Waals surface area contributed by atoms with Crippen molar-refractivity contribution in [2.24, 2.45) is 0 Å². The molecule has 3 aromatic rings. The Hall–Kier alpha value is -3.02. The summed E-state index contributed by atoms with van der Waals surface area (Å²) in [6.45, 7) is 4.53. The molecule has 0 radical (unpaired) electrons. The quantitative estimate of drug-likeness (QED) is 0.350. The molecule has 0 heterocycles. The second kappa shape index (κ2) is 13.2. The van der Waals surface area contributed by atoms with Crippen molar-refractivity contribution >= 4 is 35.0 Å². The van der Waals surface area contributed by atoms with E-state index in [0.29, 0.717) is 28.8 Å². The maximum atomic E-state index is 13.5. The first-order valence-electron chi connectivity index (χ1n) is 11.6. The molecule has 1 N–H and O–H groups in total. The van der Waals surface area contributed by atoms with Gasteiger partial charge in [-0.25, -0.2) is 0 Å². The van der Waals surface area contributed by atoms with Crippen molar-refractivity contribution in [3.63, 3.8) is 0 Å². The largest absolute Gasteiger partial charge is 0.482 e. The monoisotopic (exact) mass is 512 g/mol. The van der Waals surface area contributed by atoms with Gasteiger partial charge in [0.1, 0.15) is 11.8 Å². The summed E-state index contributed by atoms with van der Waals surface area (Å²) in [6, 6.07) is 21.7. The first kappa shape index (κ1) is 26.6. The average Bonchev–Trinajstić information content (AvgIpc) is 2.84. The Morgan fingerprint density at radius 2 is 1.71 bits per heavy atom. The van der Waals surface area contributed by atoms with Crippen molar-refractivity contribution < 1.29 is 14.3 Å². The van der Waals surface area contributed by atoms with Crippen molar-refractivity contribution in [2.45, 2.75) is 39.3 Å². The van der Waals surface area contributed by atoms with E-state index in [2.05, 4.69) is 5.32 Å². The van der Waals surface area contributed by atoms with Gasteiger partial charge >= 0.3 is 0 Å². The first-order chi connectivity index (χ1) is 16.9. The smallest absolute Gasteiger partial charge is 0.261 e. The summed E-state index contributed by atoms with van der Waals surface area (Å²) >= 11 is 12.2. The molecule has 0 fully saturated rings. The van der Waals surface area contributed by atoms with Gasteiger partial charge in [0.15, 0.2) is 6.61 Å². The highest BCUT2D eigenvalue weighted by Gasteiger charge is 2.30. The molecule has 0 aromatic heterocycles. The predicted octanol–water partition coefficient (Wildman–Crippen LogP) is 5.85. The molecule has 0 saturated carbocycles. The topological polar surface area (TPSA) is 58.6 Å². The van der Waals surface area contributed by atoms with Crippen molar-refractivity contribution in [3.05, 3.63) is 99.5 Å². The van der Waals surface area contributed by atoms with Crippen LogP contribution in [0.3, 0.4) is 0 Å². The molecule has 1 atom stereocenters. The van der Waals surface area contributed by atoms with Gasteiger partial charge in [0.25, 0.3) is 5.91 Å². The number of hydrogen-bond donors (Lipinski definition) is 1. The number of nitrogens with zero attached hydrogens (tertiary/aromatic N) is 1. The van der Waals surface area contributed by atoms with Gasteiger partial charge in [-0.3, -0.25) is 9.59 Å². The SMILES string of the molecule is CCCNC(=O)[C@H](Cc1ccccc1)N(Cc1cccc(C)c1)C(=O)COc1ccc(Cl)cc1Cl. The molecular weight excluding hydrogens is 483 g/mol. The highest BCUT2D eigenvalue weighted by Crippen LogP contribution is 2.27. The molecule has 3 aromatic carbocycles. The highest BCUT2D eigenvalue weighted by molar-refractivity contribution is 6.35. The number of benzene rings is 3. The Morgan fingerprint density at radius 1 is 0.971 bits per heavy atom. The molecule has 0 unspecified atom stereocenters. The summed E-state index contributed by atoms with van der Waals surface area (Å²) < 4.78 is 5.74. The lowest BCUT2D eigenvalue weighted by atomic mass is 10.0. The van der Waals surface area contributed by atoms with Gasteiger partial charge in [-0.1, -0.05) is 90.3 Å². The molecule has 35 heavy (non-hydrogen) atoms. The minimum absolute atomic E-state index is 0.193. The van der Waals surface area contributed by atoms with Crippen molar-refractivity contribution in [2.75, 3.05) is 13.2 Å². The lowest BCUT2D eigenvalue weighted by molar-refractivity contribution is -0.142. The van der Waals surface area contributed by atoms with Crippen LogP contribution in [0.15, 0.2) is 72.8 Å². The summed E-state index contributed by atoms with van der Waals surface area (Å²) in [5.74, 6) is -0.152. The molecule has 3 rings (SSSR count). The number of rotatable bonds is 11. The fraction of sp³-hybridized carbons (Fsp3) is 0.286. The maximum Gasteiger partial charge on any atom is 0.261 e. The molecular formula is C28H30Cl2N2O3. The van der Waals surface area contributed by atoms with Gasteiger partial charge in [0, 0.05) is 24.5 Å². The number of halogens is 2. The molecule has 0 aliphatic heterocycles. The van der Waals surface area contributed by atoms with E-state index in [-0.39, 0.29) is 25.0 Å². The summed E-state index contributed by atoms with van der Waals surface area (Å²) in [6.07, 6.45) is 1.18. The van der Waals surface area contributed by atoms with E-state index in [0.717, 1.165) is 23.1 Å². The van der Waals surface area contributed by atoms with Crippen LogP contribution in [-0.4, -0.2) is 35.9 Å². The summed E-state index contributed by atoms with van der Waals surface area (Å²) in [4.78, 5) is 28.4. The lowest BCUT2D eigenvalue weighted by Gasteiger charge is -2.31. The Balaban J connectivity index is 1.90. The molecule has 0 aliphatic carbocycles. The molecule has 7 heteroatoms. The summed E-state index contributed by atoms with van der Waals surface area (Å²) in [5.41, 5.74) is 2.98. The number of aryl methyl sites for hydroxylation is 1. The summed E-state index contributed by atoms with van der Waals surface area (Å²) in [5, 5.41) is 3.76. The number of ether oxygens (including phenoxy) is 1. The van der Waals surface area contributed by atoms with Gasteiger partial charge < -0.3 is 15.0 Å². The Bertz CT molecular complexity index is 1140. The lowest BCUT2D eigenvalue weighted by Crippen LogP contribution is -2.51. The van der Waals surface area contributed by atoms with E-state index >= 15 is 0 Å². The van der Waals surface area contributed by atoms with E-state index < -0.39 is 6.04 Å². The number of nitrogens with one attached hydrogen (secondary N) is 1. The van der Waals surface area contributed by atoms with Crippen LogP contribution >= 0.6 is 23.2 Å². The Morgan fingerprint density at radius 3 is 2.40 bits per heavy atom. The molecule has 184 valence electrons. The van der Waals surface area contributed by atoms with Crippen LogP contribution in [0.1, 0.15) is 30.0 Å². The van der Waals surface area contributed by atoms with Gasteiger partial charge in [-0.05, 0) is 42.7 Å². The van der Waals surface area contributed by atoms with E-state index in [9.17, 15) is 9.59 Å². The average molecular weight is 513 g/mol. The fourth-order valence-electron chi connectivity index (χ4n) is 3.74. The molecule has 2 amide bonds. The Labute approximate surface area is 217 Å². The zero-order valence-electron chi connectivity index (χ0n) is 20.0. The van der Waals surface area contributed by atoms with Crippen LogP contribution in [0.25, 0.3) is 0 Å². The fourth-order valence-corrected chi connectivity index (χ4v) is 4.20. The molecule has 0 bridgehead atoms. The van der Waals surface area contributed by atoms with E-state index in [1.807, 2.05) is 68.4 Å². The molecule has 0 spiro atoms. The van der Waals surface area contributed by atoms with Gasteiger partial charge in [0.05, 0.1) is 5.02 Å². The number of hydrogen-bond acceptors (Lipinski definition) is 3. The second-order valence-corrected chi connectivity index (χ2v) is 9.21. The van der Waals surface area contributed by atoms with E-state index in [1.54, 1.807) is 23.1 Å². The number of carbonyl (C=O) groups excluding carboxylic acids is 2. The van der Waals surface area contributed by atoms with Crippen LogP contribution in [0, 0.1) is 6.92 Å². The minimum atomic E-state index is -0.707. The molecule has 5 nitrogen and oxygen atoms in total. The minimum Gasteiger partial charge on any atom is -0.482 e. The predicted molar refractivity (Wildman–Crippen MR) is 141 cm³/mol. The van der Waals surface area contributed by atoms with E-state index in [4.69, 9.17) is 27.9 Å². The van der Waals surface area contributed by atoms with Crippen molar-refractivity contribution in [3.8, 4) is 5.75 Å². The van der Waals surface area contributed by atoms with Crippen LogP contribution in [0.5, 0.6) is 5.75 Å². The summed E-state index contributed by atoms with van der Waals surface area (Å²) in [7, 11) is 0. The maximum absolute atomic E-state index is 13.5. The van der Waals surface area contributed by atoms with Crippen LogP contribution < -0.4 is 10.1 Å². The first-order valence-corrected chi connectivity index (χ1v) is 12.4. The third-order valence-corrected chi connectivity index (χ3v) is 6.03. The number of amides is 2. The standard InChI is InChI=1S/C28H30Cl2N2O3/c1-3-14-31-28(34)25(16-21-9-5-4-6-10-21)32(18-22-11-7-8-20(2)15-22)27(33)19-35-26-13-12-23(29)17-24(26)30/h4-13,15,17,25H,3,14,16,18-19H2,1-2H3,(H,31,34)/t25-/m0/s1.